The summed E-state index contributed by atoms with van der Waals surface area (Å²) in [5.41, 5.74) is 0. The molecule has 0 amide bonds. The van der Waals surface area contributed by atoms with Crippen molar-refractivity contribution in [2.24, 2.45) is 5.18 Å². The average Bonchev–Trinajstić information content (AvgIpc) is 2.17. The standard InChI is InChI=1S/C8H15N3O/c12-10-8-6-11-4-2-1-3-7(11)5-9-8/h7-9H,1-6H2. The Morgan fingerprint density at radius 1 is 1.42 bits per heavy atom. The maximum atomic E-state index is 10.3. The van der Waals surface area contributed by atoms with E-state index in [1.165, 1.54) is 19.3 Å². The topological polar surface area (TPSA) is 44.7 Å². The van der Waals surface area contributed by atoms with Crippen LogP contribution >= 0.6 is 0 Å². The largest absolute Gasteiger partial charge is 0.296 e. The summed E-state index contributed by atoms with van der Waals surface area (Å²) >= 11 is 0. The highest BCUT2D eigenvalue weighted by atomic mass is 16.3. The Balaban J connectivity index is 1.93. The second-order valence-corrected chi connectivity index (χ2v) is 3.67. The molecule has 0 bridgehead atoms. The van der Waals surface area contributed by atoms with Gasteiger partial charge < -0.3 is 0 Å². The minimum Gasteiger partial charge on any atom is -0.296 e. The predicted molar refractivity (Wildman–Crippen MR) is 46.8 cm³/mol. The number of fused-ring (bicyclic) bond motifs is 1. The van der Waals surface area contributed by atoms with E-state index in [4.69, 9.17) is 0 Å². The molecule has 2 fully saturated rings. The summed E-state index contributed by atoms with van der Waals surface area (Å²) in [7, 11) is 0. The molecule has 0 radical (unpaired) electrons. The van der Waals surface area contributed by atoms with E-state index in [0.29, 0.717) is 6.04 Å². The van der Waals surface area contributed by atoms with E-state index in [2.05, 4.69) is 15.4 Å². The van der Waals surface area contributed by atoms with E-state index in [-0.39, 0.29) is 6.17 Å². The van der Waals surface area contributed by atoms with Gasteiger partial charge in [-0.1, -0.05) is 6.42 Å². The monoisotopic (exact) mass is 169 g/mol. The molecular weight excluding hydrogens is 154 g/mol. The lowest BCUT2D eigenvalue weighted by molar-refractivity contribution is 0.0968. The molecule has 1 N–H and O–H groups in total. The fraction of sp³-hybridized carbons (Fsp3) is 1.00. The number of nitroso groups, excluding NO2 is 1. The first-order chi connectivity index (χ1) is 5.90. The maximum absolute atomic E-state index is 10.3. The Morgan fingerprint density at radius 3 is 3.17 bits per heavy atom. The Kier molecular flexibility index (Phi) is 2.37. The second kappa shape index (κ2) is 3.49. The first-order valence-corrected chi connectivity index (χ1v) is 4.70. The molecule has 68 valence electrons. The lowest BCUT2D eigenvalue weighted by Crippen LogP contribution is -2.57. The number of hydrogen-bond donors (Lipinski definition) is 1. The summed E-state index contributed by atoms with van der Waals surface area (Å²) in [5, 5.41) is 6.18. The van der Waals surface area contributed by atoms with Gasteiger partial charge in [0.2, 0.25) is 0 Å². The van der Waals surface area contributed by atoms with E-state index in [1.54, 1.807) is 0 Å². The summed E-state index contributed by atoms with van der Waals surface area (Å²) in [6.07, 6.45) is 3.72. The van der Waals surface area contributed by atoms with Crippen LogP contribution in [-0.2, 0) is 0 Å². The van der Waals surface area contributed by atoms with Crippen LogP contribution in [0.15, 0.2) is 5.18 Å². The highest BCUT2D eigenvalue weighted by Crippen LogP contribution is 2.19. The van der Waals surface area contributed by atoms with Gasteiger partial charge in [-0.15, -0.1) is 4.91 Å². The zero-order chi connectivity index (χ0) is 8.39. The van der Waals surface area contributed by atoms with Crippen molar-refractivity contribution in [1.82, 2.24) is 10.2 Å². The van der Waals surface area contributed by atoms with Crippen LogP contribution in [0.2, 0.25) is 0 Å². The van der Waals surface area contributed by atoms with Gasteiger partial charge >= 0.3 is 0 Å². The SMILES string of the molecule is O=NC1CN2CCCCC2CN1. The Hall–Kier alpha value is -0.480. The van der Waals surface area contributed by atoms with Gasteiger partial charge in [0.05, 0.1) is 0 Å². The van der Waals surface area contributed by atoms with Gasteiger partial charge in [0.1, 0.15) is 0 Å². The number of piperazine rings is 1. The van der Waals surface area contributed by atoms with Crippen LogP contribution in [0.5, 0.6) is 0 Å². The third-order valence-corrected chi connectivity index (χ3v) is 2.87. The van der Waals surface area contributed by atoms with Crippen LogP contribution in [0.1, 0.15) is 19.3 Å². The molecule has 2 saturated heterocycles. The Morgan fingerprint density at radius 2 is 2.33 bits per heavy atom. The highest BCUT2D eigenvalue weighted by Gasteiger charge is 2.29. The summed E-state index contributed by atoms with van der Waals surface area (Å²) in [6.45, 7) is 2.91. The maximum Gasteiger partial charge on any atom is 0.155 e. The number of hydrogen-bond acceptors (Lipinski definition) is 4. The minimum atomic E-state index is -0.167. The first kappa shape index (κ1) is 8.13. The third kappa shape index (κ3) is 1.49. The normalized spacial score (nSPS) is 37.3. The van der Waals surface area contributed by atoms with Gasteiger partial charge in [0, 0.05) is 19.1 Å². The van der Waals surface area contributed by atoms with Crippen LogP contribution in [0.3, 0.4) is 0 Å². The fourth-order valence-corrected chi connectivity index (χ4v) is 2.16. The molecule has 2 atom stereocenters. The smallest absolute Gasteiger partial charge is 0.155 e. The van der Waals surface area contributed by atoms with E-state index in [0.717, 1.165) is 19.6 Å². The highest BCUT2D eigenvalue weighted by molar-refractivity contribution is 4.87. The molecule has 12 heavy (non-hydrogen) atoms. The molecule has 2 rings (SSSR count). The predicted octanol–water partition coefficient (Wildman–Crippen LogP) is 0.537. The van der Waals surface area contributed by atoms with Gasteiger partial charge in [-0.2, -0.15) is 0 Å². The molecule has 2 aliphatic rings. The van der Waals surface area contributed by atoms with Crippen LogP contribution in [0, 0.1) is 4.91 Å². The van der Waals surface area contributed by atoms with E-state index in [9.17, 15) is 4.91 Å². The van der Waals surface area contributed by atoms with Crippen molar-refractivity contribution in [3.63, 3.8) is 0 Å². The van der Waals surface area contributed by atoms with Gasteiger partial charge in [-0.05, 0) is 24.6 Å². The van der Waals surface area contributed by atoms with E-state index >= 15 is 0 Å². The summed E-state index contributed by atoms with van der Waals surface area (Å²) in [5.74, 6) is 0. The zero-order valence-corrected chi connectivity index (χ0v) is 7.20. The summed E-state index contributed by atoms with van der Waals surface area (Å²) in [6, 6.07) is 0.664. The second-order valence-electron chi connectivity index (χ2n) is 3.67. The molecule has 0 aliphatic carbocycles. The molecule has 2 aliphatic heterocycles. The number of piperidine rings is 1. The molecular formula is C8H15N3O. The van der Waals surface area contributed by atoms with Crippen molar-refractivity contribution in [2.45, 2.75) is 31.5 Å². The van der Waals surface area contributed by atoms with Crippen molar-refractivity contribution in [1.29, 1.82) is 0 Å². The lowest BCUT2D eigenvalue weighted by Gasteiger charge is -2.41. The van der Waals surface area contributed by atoms with Gasteiger partial charge in [0.15, 0.2) is 6.17 Å². The average molecular weight is 169 g/mol. The minimum absolute atomic E-state index is 0.167. The van der Waals surface area contributed by atoms with Crippen molar-refractivity contribution in [2.75, 3.05) is 19.6 Å². The molecule has 0 spiro atoms. The summed E-state index contributed by atoms with van der Waals surface area (Å²) in [4.78, 5) is 12.7. The van der Waals surface area contributed by atoms with Crippen molar-refractivity contribution in [3.05, 3.63) is 4.91 Å². The molecule has 4 heteroatoms. The Labute approximate surface area is 72.3 Å². The molecule has 0 saturated carbocycles. The van der Waals surface area contributed by atoms with Gasteiger partial charge in [-0.3, -0.25) is 10.2 Å². The molecule has 2 unspecified atom stereocenters. The van der Waals surface area contributed by atoms with Gasteiger partial charge in [-0.25, -0.2) is 0 Å². The quantitative estimate of drug-likeness (QED) is 0.582. The van der Waals surface area contributed by atoms with Crippen LogP contribution in [0.4, 0.5) is 0 Å². The Bertz CT molecular complexity index is 174. The fourth-order valence-electron chi connectivity index (χ4n) is 2.16. The van der Waals surface area contributed by atoms with Crippen molar-refractivity contribution >= 4 is 0 Å². The zero-order valence-electron chi connectivity index (χ0n) is 7.20. The van der Waals surface area contributed by atoms with Crippen LogP contribution < -0.4 is 5.32 Å². The van der Waals surface area contributed by atoms with E-state index < -0.39 is 0 Å². The number of nitrogens with one attached hydrogen (secondary N) is 1. The molecule has 2 heterocycles. The van der Waals surface area contributed by atoms with Crippen LogP contribution in [-0.4, -0.2) is 36.7 Å². The molecule has 0 aromatic rings. The molecule has 0 aromatic carbocycles. The van der Waals surface area contributed by atoms with Crippen LogP contribution in [0.25, 0.3) is 0 Å². The van der Waals surface area contributed by atoms with E-state index in [1.807, 2.05) is 0 Å². The number of rotatable bonds is 1. The molecule has 0 aromatic heterocycles. The van der Waals surface area contributed by atoms with Crippen molar-refractivity contribution in [3.8, 4) is 0 Å². The van der Waals surface area contributed by atoms with Gasteiger partial charge in [0.25, 0.3) is 0 Å². The number of nitrogens with zero attached hydrogens (tertiary/aromatic N) is 2. The summed E-state index contributed by atoms with van der Waals surface area (Å²) < 4.78 is 0. The lowest BCUT2D eigenvalue weighted by atomic mass is 10.00. The third-order valence-electron chi connectivity index (χ3n) is 2.87. The first-order valence-electron chi connectivity index (χ1n) is 4.70. The molecule has 4 nitrogen and oxygen atoms in total. The van der Waals surface area contributed by atoms with Crippen molar-refractivity contribution < 1.29 is 0 Å².